The Morgan fingerprint density at radius 2 is 1.61 bits per heavy atom. The molecule has 2 N–H and O–H groups in total. The maximum Gasteiger partial charge on any atom is 0.249 e. The van der Waals surface area contributed by atoms with Gasteiger partial charge in [0.1, 0.15) is 18.8 Å². The Hall–Kier alpha value is -3.64. The summed E-state index contributed by atoms with van der Waals surface area (Å²) < 4.78 is 5.76. The number of carbonyl (C=O) groups excluding carboxylic acids is 2. The van der Waals surface area contributed by atoms with E-state index in [9.17, 15) is 9.59 Å². The lowest BCUT2D eigenvalue weighted by Crippen LogP contribution is -2.24. The van der Waals surface area contributed by atoms with Gasteiger partial charge in [0.05, 0.1) is 6.21 Å². The molecule has 31 heavy (non-hydrogen) atoms. The van der Waals surface area contributed by atoms with Crippen LogP contribution in [-0.2, 0) is 16.2 Å². The third-order valence-electron chi connectivity index (χ3n) is 4.26. The lowest BCUT2D eigenvalue weighted by atomic mass is 10.2. The van der Waals surface area contributed by atoms with Crippen LogP contribution >= 0.6 is 11.6 Å². The first-order valence-electron chi connectivity index (χ1n) is 9.64. The van der Waals surface area contributed by atoms with Gasteiger partial charge in [0.25, 0.3) is 0 Å². The number of halogens is 1. The fourth-order valence-electron chi connectivity index (χ4n) is 2.60. The van der Waals surface area contributed by atoms with Crippen molar-refractivity contribution in [3.05, 3.63) is 94.5 Å². The molecule has 0 aromatic heterocycles. The van der Waals surface area contributed by atoms with Crippen molar-refractivity contribution in [1.29, 1.82) is 0 Å². The molecule has 3 aromatic rings. The summed E-state index contributed by atoms with van der Waals surface area (Å²) in [5.74, 6) is -0.216. The lowest BCUT2D eigenvalue weighted by molar-refractivity contribution is -0.126. The molecule has 0 aliphatic rings. The Kier molecular flexibility index (Phi) is 7.79. The van der Waals surface area contributed by atoms with Crippen LogP contribution < -0.4 is 15.5 Å². The zero-order valence-electron chi connectivity index (χ0n) is 17.0. The summed E-state index contributed by atoms with van der Waals surface area (Å²) in [5, 5.41) is 7.06. The molecule has 0 bridgehead atoms. The first-order chi connectivity index (χ1) is 15.0. The fourth-order valence-corrected chi connectivity index (χ4v) is 2.73. The van der Waals surface area contributed by atoms with E-state index in [0.717, 1.165) is 16.9 Å². The standard InChI is InChI=1S/C24H22ClN3O3/c1-17-2-4-19(5-3-17)16-31-22-12-6-18(7-13-22)15-26-28-24(30)14-23(29)27-21-10-8-20(25)9-11-21/h2-13,15H,14,16H2,1H3,(H,27,29)(H,28,30). The van der Waals surface area contributed by atoms with Crippen molar-refractivity contribution in [3.63, 3.8) is 0 Å². The second-order valence-electron chi connectivity index (χ2n) is 6.87. The van der Waals surface area contributed by atoms with Gasteiger partial charge in [-0.2, -0.15) is 5.10 Å². The number of nitrogens with one attached hydrogen (secondary N) is 2. The minimum atomic E-state index is -0.513. The third-order valence-corrected chi connectivity index (χ3v) is 4.51. The van der Waals surface area contributed by atoms with E-state index in [-0.39, 0.29) is 6.42 Å². The number of anilines is 1. The minimum Gasteiger partial charge on any atom is -0.489 e. The van der Waals surface area contributed by atoms with E-state index in [1.165, 1.54) is 11.8 Å². The first-order valence-corrected chi connectivity index (χ1v) is 10.0. The largest absolute Gasteiger partial charge is 0.489 e. The van der Waals surface area contributed by atoms with Crippen molar-refractivity contribution in [2.45, 2.75) is 20.0 Å². The molecule has 0 aliphatic carbocycles. The number of ether oxygens (including phenoxy) is 1. The zero-order valence-corrected chi connectivity index (χ0v) is 17.7. The van der Waals surface area contributed by atoms with Crippen molar-refractivity contribution >= 4 is 35.3 Å². The van der Waals surface area contributed by atoms with Crippen molar-refractivity contribution in [2.75, 3.05) is 5.32 Å². The van der Waals surface area contributed by atoms with Crippen LogP contribution in [0.1, 0.15) is 23.1 Å². The van der Waals surface area contributed by atoms with E-state index in [1.807, 2.05) is 55.5 Å². The molecule has 0 spiro atoms. The Morgan fingerprint density at radius 3 is 2.29 bits per heavy atom. The molecule has 6 nitrogen and oxygen atoms in total. The quantitative estimate of drug-likeness (QED) is 0.305. The number of nitrogens with zero attached hydrogens (tertiary/aromatic N) is 1. The molecule has 0 heterocycles. The Balaban J connectivity index is 1.41. The van der Waals surface area contributed by atoms with E-state index in [2.05, 4.69) is 15.8 Å². The molecule has 0 saturated carbocycles. The van der Waals surface area contributed by atoms with Gasteiger partial charge in [-0.15, -0.1) is 0 Å². The third kappa shape index (κ3) is 7.60. The van der Waals surface area contributed by atoms with Crippen molar-refractivity contribution < 1.29 is 14.3 Å². The van der Waals surface area contributed by atoms with Gasteiger partial charge < -0.3 is 10.1 Å². The summed E-state index contributed by atoms with van der Waals surface area (Å²) in [4.78, 5) is 23.7. The molecular formula is C24H22ClN3O3. The van der Waals surface area contributed by atoms with Gasteiger partial charge in [-0.05, 0) is 66.6 Å². The van der Waals surface area contributed by atoms with Crippen molar-refractivity contribution in [1.82, 2.24) is 5.43 Å². The van der Waals surface area contributed by atoms with Gasteiger partial charge >= 0.3 is 0 Å². The average Bonchev–Trinajstić information content (AvgIpc) is 2.76. The van der Waals surface area contributed by atoms with Crippen molar-refractivity contribution in [3.8, 4) is 5.75 Å². The number of rotatable bonds is 8. The van der Waals surface area contributed by atoms with E-state index >= 15 is 0 Å². The summed E-state index contributed by atoms with van der Waals surface area (Å²) in [5.41, 5.74) is 6.00. The molecule has 3 rings (SSSR count). The van der Waals surface area contributed by atoms with Crippen LogP contribution in [0.2, 0.25) is 5.02 Å². The normalized spacial score (nSPS) is 10.6. The second-order valence-corrected chi connectivity index (χ2v) is 7.30. The van der Waals surface area contributed by atoms with Crippen LogP contribution in [0.15, 0.2) is 77.9 Å². The minimum absolute atomic E-state index is 0.342. The molecule has 2 amide bonds. The van der Waals surface area contributed by atoms with Gasteiger partial charge in [0, 0.05) is 10.7 Å². The fraction of sp³-hybridized carbons (Fsp3) is 0.125. The van der Waals surface area contributed by atoms with E-state index < -0.39 is 11.8 Å². The van der Waals surface area contributed by atoms with Crippen LogP contribution in [-0.4, -0.2) is 18.0 Å². The number of benzene rings is 3. The highest BCUT2D eigenvalue weighted by Gasteiger charge is 2.08. The molecule has 0 unspecified atom stereocenters. The Bertz CT molecular complexity index is 1050. The van der Waals surface area contributed by atoms with Gasteiger partial charge in [-0.1, -0.05) is 41.4 Å². The Labute approximate surface area is 185 Å². The van der Waals surface area contributed by atoms with Gasteiger partial charge in [-0.3, -0.25) is 9.59 Å². The van der Waals surface area contributed by atoms with Gasteiger partial charge in [0.15, 0.2) is 0 Å². The molecule has 0 aliphatic heterocycles. The van der Waals surface area contributed by atoms with Crippen molar-refractivity contribution in [2.24, 2.45) is 5.10 Å². The van der Waals surface area contributed by atoms with Crippen LogP contribution in [0.25, 0.3) is 0 Å². The van der Waals surface area contributed by atoms with E-state index in [4.69, 9.17) is 16.3 Å². The highest BCUT2D eigenvalue weighted by atomic mass is 35.5. The number of hydrazone groups is 1. The Morgan fingerprint density at radius 1 is 0.935 bits per heavy atom. The molecule has 0 fully saturated rings. The molecule has 0 atom stereocenters. The van der Waals surface area contributed by atoms with Crippen LogP contribution in [0, 0.1) is 6.92 Å². The van der Waals surface area contributed by atoms with E-state index in [1.54, 1.807) is 24.3 Å². The van der Waals surface area contributed by atoms with Gasteiger partial charge in [0.2, 0.25) is 11.8 Å². The SMILES string of the molecule is Cc1ccc(COc2ccc(C=NNC(=O)CC(=O)Nc3ccc(Cl)cc3)cc2)cc1. The summed E-state index contributed by atoms with van der Waals surface area (Å²) in [7, 11) is 0. The molecular weight excluding hydrogens is 414 g/mol. The number of aryl methyl sites for hydroxylation is 1. The smallest absolute Gasteiger partial charge is 0.249 e. The second kappa shape index (κ2) is 10.9. The maximum absolute atomic E-state index is 11.9. The average molecular weight is 436 g/mol. The number of hydrogen-bond acceptors (Lipinski definition) is 4. The van der Waals surface area contributed by atoms with Gasteiger partial charge in [-0.25, -0.2) is 5.43 Å². The number of hydrogen-bond donors (Lipinski definition) is 2. The topological polar surface area (TPSA) is 79.8 Å². The van der Waals surface area contributed by atoms with Crippen LogP contribution in [0.4, 0.5) is 5.69 Å². The number of carbonyl (C=O) groups is 2. The molecule has 7 heteroatoms. The van der Waals surface area contributed by atoms with Crippen LogP contribution in [0.3, 0.4) is 0 Å². The predicted octanol–water partition coefficient (Wildman–Crippen LogP) is 4.71. The van der Waals surface area contributed by atoms with Crippen LogP contribution in [0.5, 0.6) is 5.75 Å². The summed E-state index contributed by atoms with van der Waals surface area (Å²) in [6, 6.07) is 22.1. The maximum atomic E-state index is 11.9. The summed E-state index contributed by atoms with van der Waals surface area (Å²) in [6.07, 6.45) is 1.16. The summed E-state index contributed by atoms with van der Waals surface area (Å²) in [6.45, 7) is 2.53. The molecule has 158 valence electrons. The highest BCUT2D eigenvalue weighted by molar-refractivity contribution is 6.30. The molecule has 0 saturated heterocycles. The van der Waals surface area contributed by atoms with E-state index in [0.29, 0.717) is 17.3 Å². The first kappa shape index (κ1) is 22.1. The molecule has 0 radical (unpaired) electrons. The zero-order chi connectivity index (χ0) is 22.1. The number of amides is 2. The summed E-state index contributed by atoms with van der Waals surface area (Å²) >= 11 is 5.80. The highest BCUT2D eigenvalue weighted by Crippen LogP contribution is 2.15. The molecule has 3 aromatic carbocycles. The predicted molar refractivity (Wildman–Crippen MR) is 122 cm³/mol. The lowest BCUT2D eigenvalue weighted by Gasteiger charge is -2.07. The monoisotopic (exact) mass is 435 g/mol.